The normalized spacial score (nSPS) is 11.1. The van der Waals surface area contributed by atoms with E-state index in [9.17, 15) is 13.2 Å². The van der Waals surface area contributed by atoms with Gasteiger partial charge in [-0.2, -0.15) is 0 Å². The van der Waals surface area contributed by atoms with E-state index in [0.29, 0.717) is 33.2 Å². The summed E-state index contributed by atoms with van der Waals surface area (Å²) >= 11 is 6.40. The Bertz CT molecular complexity index is 1520. The number of ether oxygens (including phenoxy) is 1. The molecule has 0 atom stereocenters. The summed E-state index contributed by atoms with van der Waals surface area (Å²) in [7, 11) is 1.87. The molecule has 192 valence electrons. The number of amides is 1. The van der Waals surface area contributed by atoms with Crippen molar-refractivity contribution >= 4 is 68.1 Å². The molecule has 2 N–H and O–H groups in total. The monoisotopic (exact) mass is 540 g/mol. The van der Waals surface area contributed by atoms with Crippen molar-refractivity contribution in [3.8, 4) is 5.75 Å². The van der Waals surface area contributed by atoms with Crippen LogP contribution >= 0.6 is 11.6 Å². The summed E-state index contributed by atoms with van der Waals surface area (Å²) in [6.07, 6.45) is 0. The molecule has 1 heterocycles. The zero-order valence-electron chi connectivity index (χ0n) is 20.3. The summed E-state index contributed by atoms with van der Waals surface area (Å²) in [6, 6.07) is 18.6. The number of likely N-dealkylation sites (N-methyl/N-ethyl adjacent to an activating group) is 1. The predicted molar refractivity (Wildman–Crippen MR) is 147 cm³/mol. The molecule has 0 unspecified atom stereocenters. The average Bonchev–Trinajstić information content (AvgIpc) is 2.85. The van der Waals surface area contributed by atoms with Crippen molar-refractivity contribution in [3.05, 3.63) is 71.8 Å². The van der Waals surface area contributed by atoms with Crippen LogP contribution in [0, 0.1) is 0 Å². The minimum Gasteiger partial charge on any atom is -0.497 e. The number of carbonyl (C=O) groups excluding carboxylic acids is 1. The first-order valence-electron chi connectivity index (χ1n) is 11.1. The van der Waals surface area contributed by atoms with Crippen molar-refractivity contribution in [1.29, 1.82) is 0 Å². The van der Waals surface area contributed by atoms with Gasteiger partial charge in [0.15, 0.2) is 11.6 Å². The van der Waals surface area contributed by atoms with Crippen molar-refractivity contribution in [2.24, 2.45) is 0 Å². The van der Waals surface area contributed by atoms with Gasteiger partial charge in [-0.3, -0.25) is 4.79 Å². The van der Waals surface area contributed by atoms with Crippen LogP contribution in [0.25, 0.3) is 11.0 Å². The lowest BCUT2D eigenvalue weighted by molar-refractivity contribution is -0.116. The Labute approximate surface area is 220 Å². The van der Waals surface area contributed by atoms with Crippen LogP contribution < -0.4 is 19.7 Å². The van der Waals surface area contributed by atoms with E-state index in [1.165, 1.54) is 7.11 Å². The summed E-state index contributed by atoms with van der Waals surface area (Å²) in [6.45, 7) is 0.176. The van der Waals surface area contributed by atoms with Gasteiger partial charge in [-0.25, -0.2) is 22.7 Å². The summed E-state index contributed by atoms with van der Waals surface area (Å²) in [4.78, 5) is 23.2. The van der Waals surface area contributed by atoms with Crippen LogP contribution in [-0.2, 0) is 15.7 Å². The number of aromatic nitrogens is 2. The molecule has 0 aliphatic rings. The molecule has 12 heteroatoms. The number of hydrogen-bond donors (Lipinski definition) is 3. The average molecular weight is 541 g/mol. The van der Waals surface area contributed by atoms with Crippen molar-refractivity contribution in [2.75, 3.05) is 42.7 Å². The number of nitrogens with one attached hydrogen (secondary N) is 2. The van der Waals surface area contributed by atoms with Crippen LogP contribution in [0.5, 0.6) is 5.75 Å². The van der Waals surface area contributed by atoms with Crippen molar-refractivity contribution in [1.82, 2.24) is 14.9 Å². The van der Waals surface area contributed by atoms with Gasteiger partial charge in [0, 0.05) is 11.8 Å². The summed E-state index contributed by atoms with van der Waals surface area (Å²) in [5, 5.41) is 6.27. The molecule has 0 bridgehead atoms. The number of benzene rings is 3. The van der Waals surface area contributed by atoms with Crippen molar-refractivity contribution in [3.63, 3.8) is 0 Å². The fourth-order valence-corrected chi connectivity index (χ4v) is 4.35. The number of hydrogen-bond acceptors (Lipinski definition) is 8. The second-order valence-corrected chi connectivity index (χ2v) is 9.52. The van der Waals surface area contributed by atoms with Gasteiger partial charge in [-0.15, -0.1) is 0 Å². The smallest absolute Gasteiger partial charge is 0.238 e. The third-order valence-corrected chi connectivity index (χ3v) is 6.25. The molecular formula is C25H25ClN6O4S. The molecule has 4 rings (SSSR count). The lowest BCUT2D eigenvalue weighted by Crippen LogP contribution is -2.27. The summed E-state index contributed by atoms with van der Waals surface area (Å²) < 4.78 is 31.6. The number of para-hydroxylation sites is 2. The zero-order valence-corrected chi connectivity index (χ0v) is 22.0. The van der Waals surface area contributed by atoms with E-state index >= 15 is 0 Å². The molecule has 0 aliphatic heterocycles. The van der Waals surface area contributed by atoms with Crippen LogP contribution in [0.4, 0.5) is 28.7 Å². The maximum atomic E-state index is 12.6. The van der Waals surface area contributed by atoms with E-state index < -0.39 is 10.9 Å². The topological polar surface area (TPSA) is 117 Å². The molecule has 4 aromatic rings. The van der Waals surface area contributed by atoms with Gasteiger partial charge >= 0.3 is 0 Å². The highest BCUT2D eigenvalue weighted by molar-refractivity contribution is 7.74. The Morgan fingerprint density at radius 1 is 1.00 bits per heavy atom. The van der Waals surface area contributed by atoms with Gasteiger partial charge in [-0.05, 0) is 56.6 Å². The molecule has 0 spiro atoms. The Kier molecular flexibility index (Phi) is 8.07. The number of rotatable bonds is 9. The third-order valence-electron chi connectivity index (χ3n) is 5.18. The highest BCUT2D eigenvalue weighted by Gasteiger charge is 2.22. The van der Waals surface area contributed by atoms with E-state index in [1.54, 1.807) is 79.7 Å². The van der Waals surface area contributed by atoms with Gasteiger partial charge in [0.1, 0.15) is 5.75 Å². The molecule has 10 nitrogen and oxygen atoms in total. The number of anilines is 5. The standard InChI is InChI=1S/C25H25ClN6O4S/c1-31(2)15-23(33)27-16-7-6-8-17(13-16)32(37(34)35)25-24(28-20-9-4-5-10-21(20)30-25)29-22-14-18(36-3)11-12-19(22)26/h4-14,37H,15H2,1-3H3,(H,27,33)(H,28,29). The van der Waals surface area contributed by atoms with E-state index in [4.69, 9.17) is 16.3 Å². The van der Waals surface area contributed by atoms with E-state index in [-0.39, 0.29) is 29.8 Å². The molecule has 0 saturated carbocycles. The molecule has 0 fully saturated rings. The highest BCUT2D eigenvalue weighted by atomic mass is 35.5. The van der Waals surface area contributed by atoms with Gasteiger partial charge in [0.25, 0.3) is 0 Å². The molecule has 37 heavy (non-hydrogen) atoms. The number of carbonyl (C=O) groups is 1. The quantitative estimate of drug-likeness (QED) is 0.270. The summed E-state index contributed by atoms with van der Waals surface area (Å²) in [5.74, 6) is 0.511. The van der Waals surface area contributed by atoms with E-state index in [2.05, 4.69) is 20.6 Å². The minimum atomic E-state index is -3.21. The Balaban J connectivity index is 1.82. The van der Waals surface area contributed by atoms with Crippen LogP contribution in [0.2, 0.25) is 5.02 Å². The molecular weight excluding hydrogens is 516 g/mol. The first kappa shape index (κ1) is 26.1. The fourth-order valence-electron chi connectivity index (χ4n) is 3.57. The maximum absolute atomic E-state index is 12.6. The number of nitrogens with zero attached hydrogens (tertiary/aromatic N) is 4. The second kappa shape index (κ2) is 11.4. The fraction of sp³-hybridized carbons (Fsp3) is 0.160. The molecule has 0 radical (unpaired) electrons. The van der Waals surface area contributed by atoms with Gasteiger partial charge in [0.2, 0.25) is 16.8 Å². The van der Waals surface area contributed by atoms with Crippen LogP contribution in [0.15, 0.2) is 66.7 Å². The predicted octanol–water partition coefficient (Wildman–Crippen LogP) is 4.20. The van der Waals surface area contributed by atoms with Gasteiger partial charge < -0.3 is 20.3 Å². The number of thiol groups is 1. The van der Waals surface area contributed by atoms with Gasteiger partial charge in [0.05, 0.1) is 41.1 Å². The van der Waals surface area contributed by atoms with Crippen molar-refractivity contribution in [2.45, 2.75) is 0 Å². The minimum absolute atomic E-state index is 0.0328. The number of halogens is 1. The molecule has 0 saturated heterocycles. The largest absolute Gasteiger partial charge is 0.497 e. The third kappa shape index (κ3) is 6.26. The van der Waals surface area contributed by atoms with Gasteiger partial charge in [-0.1, -0.05) is 29.8 Å². The molecule has 3 aromatic carbocycles. The van der Waals surface area contributed by atoms with E-state index in [0.717, 1.165) is 4.31 Å². The van der Waals surface area contributed by atoms with Crippen LogP contribution in [0.3, 0.4) is 0 Å². The Hall–Kier alpha value is -3.93. The van der Waals surface area contributed by atoms with Crippen molar-refractivity contribution < 1.29 is 17.9 Å². The first-order chi connectivity index (χ1) is 17.7. The second-order valence-electron chi connectivity index (χ2n) is 8.24. The Morgan fingerprint density at radius 2 is 1.73 bits per heavy atom. The summed E-state index contributed by atoms with van der Waals surface area (Å²) in [5.41, 5.74) is 2.21. The van der Waals surface area contributed by atoms with Crippen LogP contribution in [-0.4, -0.2) is 56.9 Å². The molecule has 1 aromatic heterocycles. The van der Waals surface area contributed by atoms with E-state index in [1.807, 2.05) is 6.07 Å². The zero-order chi connectivity index (χ0) is 26.5. The highest BCUT2D eigenvalue weighted by Crippen LogP contribution is 2.36. The molecule has 1 amide bonds. The van der Waals surface area contributed by atoms with Crippen LogP contribution in [0.1, 0.15) is 0 Å². The SMILES string of the molecule is COc1ccc(Cl)c(Nc2nc3ccccc3nc2N(c2cccc(NC(=O)CN(C)C)c2)[SH](=O)=O)c1. The number of fused-ring (bicyclic) bond motifs is 1. The lowest BCUT2D eigenvalue weighted by atomic mass is 10.2. The maximum Gasteiger partial charge on any atom is 0.238 e. The molecule has 0 aliphatic carbocycles. The first-order valence-corrected chi connectivity index (χ1v) is 12.6. The lowest BCUT2D eigenvalue weighted by Gasteiger charge is -2.21. The number of methoxy groups -OCH3 is 1. The Morgan fingerprint density at radius 3 is 2.41 bits per heavy atom.